The summed E-state index contributed by atoms with van der Waals surface area (Å²) < 4.78 is 0. The molecular formula is C12H20N2OS. The van der Waals surface area contributed by atoms with Gasteiger partial charge in [0.05, 0.1) is 5.69 Å². The van der Waals surface area contributed by atoms with Crippen molar-refractivity contribution in [1.29, 1.82) is 0 Å². The van der Waals surface area contributed by atoms with Crippen molar-refractivity contribution in [2.75, 3.05) is 18.1 Å². The second-order valence-corrected chi connectivity index (χ2v) is 5.17. The minimum atomic E-state index is 0.285. The summed E-state index contributed by atoms with van der Waals surface area (Å²) in [6, 6.07) is 0.495. The topological polar surface area (TPSA) is 36.4 Å². The number of hydrogen-bond acceptors (Lipinski definition) is 4. The number of aliphatic hydroxyl groups is 1. The largest absolute Gasteiger partial charge is 0.396 e. The fraction of sp³-hybridized carbons (Fsp3) is 0.750. The molecule has 90 valence electrons. The van der Waals surface area contributed by atoms with E-state index in [2.05, 4.69) is 22.2 Å². The summed E-state index contributed by atoms with van der Waals surface area (Å²) >= 11 is 1.74. The first-order valence-electron chi connectivity index (χ1n) is 6.17. The first kappa shape index (κ1) is 11.9. The van der Waals surface area contributed by atoms with Gasteiger partial charge in [-0.15, -0.1) is 11.3 Å². The van der Waals surface area contributed by atoms with E-state index in [1.807, 2.05) is 0 Å². The standard InChI is InChI=1S/C12H20N2OS/c1-2-10-9-16-12(13-10)14-7-4-3-5-11(14)6-8-15/h9,11,15H,2-8H2,1H3. The smallest absolute Gasteiger partial charge is 0.185 e. The lowest BCUT2D eigenvalue weighted by molar-refractivity contribution is 0.262. The van der Waals surface area contributed by atoms with Crippen LogP contribution < -0.4 is 4.90 Å². The fourth-order valence-electron chi connectivity index (χ4n) is 2.29. The van der Waals surface area contributed by atoms with Gasteiger partial charge in [-0.1, -0.05) is 6.92 Å². The Morgan fingerprint density at radius 2 is 2.44 bits per heavy atom. The molecule has 16 heavy (non-hydrogen) atoms. The summed E-state index contributed by atoms with van der Waals surface area (Å²) in [5, 5.41) is 12.4. The molecule has 3 nitrogen and oxygen atoms in total. The van der Waals surface area contributed by atoms with Crippen molar-refractivity contribution in [1.82, 2.24) is 4.98 Å². The van der Waals surface area contributed by atoms with Crippen LogP contribution in [0.25, 0.3) is 0 Å². The highest BCUT2D eigenvalue weighted by Crippen LogP contribution is 2.29. The van der Waals surface area contributed by atoms with Crippen molar-refractivity contribution in [3.63, 3.8) is 0 Å². The van der Waals surface area contributed by atoms with E-state index in [9.17, 15) is 0 Å². The minimum Gasteiger partial charge on any atom is -0.396 e. The van der Waals surface area contributed by atoms with Gasteiger partial charge in [0.15, 0.2) is 5.13 Å². The number of aryl methyl sites for hydroxylation is 1. The molecule has 1 saturated heterocycles. The van der Waals surface area contributed by atoms with Gasteiger partial charge in [-0.2, -0.15) is 0 Å². The molecule has 1 atom stereocenters. The Labute approximate surface area is 101 Å². The molecule has 1 aliphatic heterocycles. The molecule has 1 aromatic rings. The monoisotopic (exact) mass is 240 g/mol. The van der Waals surface area contributed by atoms with E-state index in [4.69, 9.17) is 5.11 Å². The lowest BCUT2D eigenvalue weighted by Gasteiger charge is -2.35. The zero-order valence-electron chi connectivity index (χ0n) is 9.85. The van der Waals surface area contributed by atoms with Gasteiger partial charge in [-0.3, -0.25) is 0 Å². The molecule has 2 heterocycles. The SMILES string of the molecule is CCc1csc(N2CCCCC2CCO)n1. The van der Waals surface area contributed by atoms with Crippen LogP contribution in [0.5, 0.6) is 0 Å². The average molecular weight is 240 g/mol. The normalized spacial score (nSPS) is 21.4. The molecule has 0 aromatic carbocycles. The quantitative estimate of drug-likeness (QED) is 0.878. The van der Waals surface area contributed by atoms with Gasteiger partial charge in [-0.05, 0) is 32.1 Å². The maximum atomic E-state index is 9.09. The average Bonchev–Trinajstić information content (AvgIpc) is 2.79. The summed E-state index contributed by atoms with van der Waals surface area (Å²) in [7, 11) is 0. The number of anilines is 1. The summed E-state index contributed by atoms with van der Waals surface area (Å²) in [4.78, 5) is 7.04. The Balaban J connectivity index is 2.09. The number of rotatable bonds is 4. The fourth-order valence-corrected chi connectivity index (χ4v) is 3.30. The van der Waals surface area contributed by atoms with Crippen LogP contribution in [0.3, 0.4) is 0 Å². The lowest BCUT2D eigenvalue weighted by atomic mass is 10.0. The number of thiazole rings is 1. The van der Waals surface area contributed by atoms with E-state index in [0.717, 1.165) is 24.5 Å². The van der Waals surface area contributed by atoms with E-state index >= 15 is 0 Å². The Morgan fingerprint density at radius 1 is 1.56 bits per heavy atom. The maximum absolute atomic E-state index is 9.09. The zero-order valence-corrected chi connectivity index (χ0v) is 10.7. The molecule has 0 radical (unpaired) electrons. The van der Waals surface area contributed by atoms with Crippen LogP contribution in [0.4, 0.5) is 5.13 Å². The van der Waals surface area contributed by atoms with Gasteiger partial charge in [0, 0.05) is 24.6 Å². The molecule has 1 N–H and O–H groups in total. The van der Waals surface area contributed by atoms with Crippen LogP contribution >= 0.6 is 11.3 Å². The maximum Gasteiger partial charge on any atom is 0.185 e. The van der Waals surface area contributed by atoms with Crippen molar-refractivity contribution < 1.29 is 5.11 Å². The third-order valence-electron chi connectivity index (χ3n) is 3.24. The number of nitrogens with zero attached hydrogens (tertiary/aromatic N) is 2. The predicted octanol–water partition coefficient (Wildman–Crippen LogP) is 2.45. The van der Waals surface area contributed by atoms with Gasteiger partial charge < -0.3 is 10.0 Å². The number of hydrogen-bond donors (Lipinski definition) is 1. The Kier molecular flexibility index (Phi) is 4.18. The predicted molar refractivity (Wildman–Crippen MR) is 68.2 cm³/mol. The van der Waals surface area contributed by atoms with E-state index in [1.54, 1.807) is 11.3 Å². The Bertz CT molecular complexity index is 325. The van der Waals surface area contributed by atoms with Crippen molar-refractivity contribution in [3.8, 4) is 0 Å². The second-order valence-electron chi connectivity index (χ2n) is 4.33. The van der Waals surface area contributed by atoms with E-state index < -0.39 is 0 Å². The summed E-state index contributed by atoms with van der Waals surface area (Å²) in [5.74, 6) is 0. The number of aliphatic hydroxyl groups excluding tert-OH is 1. The first-order valence-corrected chi connectivity index (χ1v) is 7.05. The second kappa shape index (κ2) is 5.64. The third kappa shape index (κ3) is 2.55. The van der Waals surface area contributed by atoms with Gasteiger partial charge >= 0.3 is 0 Å². The van der Waals surface area contributed by atoms with Gasteiger partial charge in [0.2, 0.25) is 0 Å². The highest BCUT2D eigenvalue weighted by atomic mass is 32.1. The highest BCUT2D eigenvalue weighted by molar-refractivity contribution is 7.13. The van der Waals surface area contributed by atoms with Crippen LogP contribution in [0.2, 0.25) is 0 Å². The van der Waals surface area contributed by atoms with Gasteiger partial charge in [0.25, 0.3) is 0 Å². The van der Waals surface area contributed by atoms with E-state index in [-0.39, 0.29) is 6.61 Å². The molecule has 1 aliphatic rings. The van der Waals surface area contributed by atoms with E-state index in [1.165, 1.54) is 25.0 Å². The third-order valence-corrected chi connectivity index (χ3v) is 4.16. The first-order chi connectivity index (χ1) is 7.85. The molecule has 4 heteroatoms. The minimum absolute atomic E-state index is 0.285. The number of aromatic nitrogens is 1. The molecule has 1 unspecified atom stereocenters. The molecule has 0 aliphatic carbocycles. The van der Waals surface area contributed by atoms with E-state index in [0.29, 0.717) is 6.04 Å². The van der Waals surface area contributed by atoms with Crippen molar-refractivity contribution in [3.05, 3.63) is 11.1 Å². The molecule has 1 fully saturated rings. The van der Waals surface area contributed by atoms with Crippen LogP contribution in [0.15, 0.2) is 5.38 Å². The lowest BCUT2D eigenvalue weighted by Crippen LogP contribution is -2.40. The Morgan fingerprint density at radius 3 is 3.12 bits per heavy atom. The molecule has 0 spiro atoms. The highest BCUT2D eigenvalue weighted by Gasteiger charge is 2.24. The molecule has 0 bridgehead atoms. The van der Waals surface area contributed by atoms with Crippen LogP contribution in [-0.2, 0) is 6.42 Å². The van der Waals surface area contributed by atoms with Crippen LogP contribution in [0, 0.1) is 0 Å². The van der Waals surface area contributed by atoms with Crippen LogP contribution in [0.1, 0.15) is 38.3 Å². The van der Waals surface area contributed by atoms with Crippen molar-refractivity contribution >= 4 is 16.5 Å². The Hall–Kier alpha value is -0.610. The van der Waals surface area contributed by atoms with Crippen molar-refractivity contribution in [2.45, 2.75) is 45.1 Å². The molecular weight excluding hydrogens is 220 g/mol. The zero-order chi connectivity index (χ0) is 11.4. The summed E-state index contributed by atoms with van der Waals surface area (Å²) in [6.07, 6.45) is 5.62. The molecule has 1 aromatic heterocycles. The number of piperidine rings is 1. The summed E-state index contributed by atoms with van der Waals surface area (Å²) in [6.45, 7) is 3.52. The van der Waals surface area contributed by atoms with Crippen molar-refractivity contribution in [2.24, 2.45) is 0 Å². The van der Waals surface area contributed by atoms with Gasteiger partial charge in [-0.25, -0.2) is 4.98 Å². The molecule has 2 rings (SSSR count). The molecule has 0 saturated carbocycles. The van der Waals surface area contributed by atoms with Crippen LogP contribution in [-0.4, -0.2) is 29.3 Å². The van der Waals surface area contributed by atoms with Gasteiger partial charge in [0.1, 0.15) is 0 Å². The molecule has 0 amide bonds. The summed E-state index contributed by atoms with van der Waals surface area (Å²) in [5.41, 5.74) is 1.19.